The van der Waals surface area contributed by atoms with Gasteiger partial charge >= 0.3 is 29.6 Å². The van der Waals surface area contributed by atoms with Crippen molar-refractivity contribution >= 4 is 14.1 Å². The van der Waals surface area contributed by atoms with E-state index >= 15 is 0 Å². The van der Waals surface area contributed by atoms with Gasteiger partial charge in [-0.05, 0) is 0 Å². The first-order valence-electron chi connectivity index (χ1n) is 3.35. The first-order valence-corrected chi connectivity index (χ1v) is 5.80. The summed E-state index contributed by atoms with van der Waals surface area (Å²) in [5.41, 5.74) is 0. The summed E-state index contributed by atoms with van der Waals surface area (Å²) in [4.78, 5) is 0. The first-order chi connectivity index (χ1) is 3.35. The van der Waals surface area contributed by atoms with Gasteiger partial charge in [-0.3, -0.25) is 0 Å². The normalized spacial score (nSPS) is 7.00. The van der Waals surface area contributed by atoms with E-state index in [1.54, 1.807) is 0 Å². The van der Waals surface area contributed by atoms with Gasteiger partial charge in [-0.15, -0.1) is 0 Å². The van der Waals surface area contributed by atoms with Gasteiger partial charge in [0, 0.05) is 0 Å². The van der Waals surface area contributed by atoms with Gasteiger partial charge in [-0.25, -0.2) is 0 Å². The molecule has 0 spiro atoms. The molecule has 0 aromatic rings. The van der Waals surface area contributed by atoms with Crippen LogP contribution in [0.25, 0.3) is 0 Å². The van der Waals surface area contributed by atoms with Crippen LogP contribution in [0.5, 0.6) is 0 Å². The summed E-state index contributed by atoms with van der Waals surface area (Å²) in [5.74, 6) is 0. The molecule has 9 heavy (non-hydrogen) atoms. The van der Waals surface area contributed by atoms with Gasteiger partial charge in [-0.2, -0.15) is 0 Å². The Bertz CT molecular complexity index is 34.5. The number of hydrogen-bond donors (Lipinski definition) is 0. The van der Waals surface area contributed by atoms with Crippen LogP contribution in [0.2, 0.25) is 15.8 Å². The second-order valence-electron chi connectivity index (χ2n) is 2.09. The van der Waals surface area contributed by atoms with Gasteiger partial charge in [-0.1, -0.05) is 36.6 Å². The van der Waals surface area contributed by atoms with Gasteiger partial charge < -0.3 is 4.70 Å². The predicted octanol–water partition coefficient (Wildman–Crippen LogP) is -3.45. The fourth-order valence-electron chi connectivity index (χ4n) is 0.866. The van der Waals surface area contributed by atoms with Crippen LogP contribution in [-0.4, -0.2) is 14.1 Å². The molecule has 0 fully saturated rings. The Morgan fingerprint density at radius 2 is 1.11 bits per heavy atom. The van der Waals surface area contributed by atoms with E-state index in [0.29, 0.717) is 0 Å². The van der Waals surface area contributed by atoms with Crippen molar-refractivity contribution in [2.45, 2.75) is 36.6 Å². The van der Waals surface area contributed by atoms with E-state index < -0.39 is 0 Å². The van der Waals surface area contributed by atoms with E-state index in [-0.39, 0.29) is 48.4 Å². The molecule has 0 atom stereocenters. The molecule has 0 aromatic heterocycles. The standard InChI is InChI=1S/3C2H5.Al.FH.Na/c3*1-2;;;/h3*1H2,2H3;;1H;/q;;;;;+1/p-1. The summed E-state index contributed by atoms with van der Waals surface area (Å²) in [6, 6.07) is 0. The van der Waals surface area contributed by atoms with Crippen LogP contribution in [0.4, 0.5) is 0 Å². The Kier molecular flexibility index (Phi) is 22.7. The van der Waals surface area contributed by atoms with Crippen molar-refractivity contribution in [2.75, 3.05) is 0 Å². The average Bonchev–Trinajstić information content (AvgIpc) is 1.72. The fourth-order valence-corrected chi connectivity index (χ4v) is 2.60. The second kappa shape index (κ2) is 12.2. The van der Waals surface area contributed by atoms with Crippen molar-refractivity contribution in [1.82, 2.24) is 0 Å². The largest absolute Gasteiger partial charge is 1.00 e. The fraction of sp³-hybridized carbons (Fsp3) is 1.00. The molecule has 0 saturated carbocycles. The Morgan fingerprint density at radius 3 is 1.11 bits per heavy atom. The minimum absolute atomic E-state index is 0. The van der Waals surface area contributed by atoms with Crippen LogP contribution >= 0.6 is 0 Å². The van der Waals surface area contributed by atoms with Crippen LogP contribution < -0.4 is 34.3 Å². The predicted molar refractivity (Wildman–Crippen MR) is 37.2 cm³/mol. The van der Waals surface area contributed by atoms with E-state index in [4.69, 9.17) is 0 Å². The van der Waals surface area contributed by atoms with Crippen molar-refractivity contribution in [3.8, 4) is 0 Å². The van der Waals surface area contributed by atoms with Crippen molar-refractivity contribution in [2.24, 2.45) is 0 Å². The minimum Gasteiger partial charge on any atom is -1.00 e. The van der Waals surface area contributed by atoms with Crippen molar-refractivity contribution in [3.05, 3.63) is 0 Å². The molecule has 0 radical (unpaired) electrons. The topological polar surface area (TPSA) is 0 Å². The quantitative estimate of drug-likeness (QED) is 0.373. The zero-order valence-electron chi connectivity index (χ0n) is 7.08. The van der Waals surface area contributed by atoms with Crippen LogP contribution in [0.15, 0.2) is 0 Å². The summed E-state index contributed by atoms with van der Waals surface area (Å²) in [6.07, 6.45) is 0. The third kappa shape index (κ3) is 9.46. The Morgan fingerprint density at radius 1 is 0.889 bits per heavy atom. The maximum Gasteiger partial charge on any atom is 1.00 e. The maximum atomic E-state index is 2.32. The van der Waals surface area contributed by atoms with Gasteiger partial charge in [0.15, 0.2) is 0 Å². The molecule has 0 aliphatic heterocycles. The molecule has 3 heteroatoms. The van der Waals surface area contributed by atoms with Crippen molar-refractivity contribution in [3.63, 3.8) is 0 Å². The summed E-state index contributed by atoms with van der Waals surface area (Å²) < 4.78 is 0. The molecule has 0 N–H and O–H groups in total. The van der Waals surface area contributed by atoms with Crippen LogP contribution in [0, 0.1) is 0 Å². The van der Waals surface area contributed by atoms with Crippen molar-refractivity contribution in [1.29, 1.82) is 0 Å². The van der Waals surface area contributed by atoms with Crippen molar-refractivity contribution < 1.29 is 34.3 Å². The molecule has 0 rings (SSSR count). The summed E-state index contributed by atoms with van der Waals surface area (Å²) in [5, 5.41) is 4.48. The van der Waals surface area contributed by atoms with Gasteiger partial charge in [0.2, 0.25) is 0 Å². The van der Waals surface area contributed by atoms with E-state index in [2.05, 4.69) is 20.8 Å². The molecule has 0 bridgehead atoms. The van der Waals surface area contributed by atoms with Crippen LogP contribution in [0.1, 0.15) is 20.8 Å². The molecular formula is C6H15AlFNa. The second-order valence-corrected chi connectivity index (χ2v) is 6.27. The van der Waals surface area contributed by atoms with E-state index in [1.165, 1.54) is 15.8 Å². The molecule has 0 aliphatic carbocycles. The van der Waals surface area contributed by atoms with Gasteiger partial charge in [0.25, 0.3) is 14.1 Å². The Hall–Kier alpha value is 1.46. The molecular weight excluding hydrogens is 141 g/mol. The molecule has 50 valence electrons. The third-order valence-corrected chi connectivity index (χ3v) is 5.20. The van der Waals surface area contributed by atoms with E-state index in [9.17, 15) is 0 Å². The minimum atomic E-state index is -0.171. The Labute approximate surface area is 84.5 Å². The third-order valence-electron chi connectivity index (χ3n) is 1.73. The van der Waals surface area contributed by atoms with Gasteiger partial charge in [0.1, 0.15) is 0 Å². The van der Waals surface area contributed by atoms with E-state index in [0.717, 1.165) is 0 Å². The molecule has 0 aliphatic rings. The monoisotopic (exact) mass is 156 g/mol. The molecule has 0 amide bonds. The molecule has 0 nitrogen and oxygen atoms in total. The SMILES string of the molecule is C[CH2][Al]([CH2]C)[CH2]C.[F-].[Na+]. The van der Waals surface area contributed by atoms with Gasteiger partial charge in [0.05, 0.1) is 0 Å². The molecule has 0 saturated heterocycles. The summed E-state index contributed by atoms with van der Waals surface area (Å²) in [7, 11) is 0. The molecule has 0 heterocycles. The summed E-state index contributed by atoms with van der Waals surface area (Å²) >= 11 is -0.171. The van der Waals surface area contributed by atoms with Crippen LogP contribution in [0.3, 0.4) is 0 Å². The average molecular weight is 156 g/mol. The zero-order chi connectivity index (χ0) is 5.70. The first kappa shape index (κ1) is 16.8. The Balaban J connectivity index is -0.000000180. The maximum absolute atomic E-state index is 2.32. The number of hydrogen-bond acceptors (Lipinski definition) is 0. The smallest absolute Gasteiger partial charge is 1.00 e. The summed E-state index contributed by atoms with van der Waals surface area (Å²) in [6.45, 7) is 6.97. The molecule has 0 unspecified atom stereocenters. The number of halogens is 1. The zero-order valence-corrected chi connectivity index (χ0v) is 10.2. The molecule has 0 aromatic carbocycles. The number of rotatable bonds is 3. The van der Waals surface area contributed by atoms with E-state index in [1.807, 2.05) is 0 Å². The van der Waals surface area contributed by atoms with Crippen LogP contribution in [-0.2, 0) is 0 Å².